The molecule has 1 heterocycles. The number of aromatic nitrogens is 2. The predicted octanol–water partition coefficient (Wildman–Crippen LogP) is -0.204. The predicted molar refractivity (Wildman–Crippen MR) is 49.8 cm³/mol. The van der Waals surface area contributed by atoms with Crippen LogP contribution < -0.4 is 5.73 Å². The third-order valence-corrected chi connectivity index (χ3v) is 1.50. The fourth-order valence-corrected chi connectivity index (χ4v) is 0.885. The highest BCUT2D eigenvalue weighted by Gasteiger charge is 2.12. The topological polar surface area (TPSA) is 81.1 Å². The van der Waals surface area contributed by atoms with Crippen LogP contribution in [0.1, 0.15) is 5.69 Å². The van der Waals surface area contributed by atoms with Crippen LogP contribution in [0.5, 0.6) is 0 Å². The van der Waals surface area contributed by atoms with Crippen molar-refractivity contribution in [2.24, 2.45) is 12.8 Å². The van der Waals surface area contributed by atoms with Crippen LogP contribution >= 0.6 is 12.4 Å². The van der Waals surface area contributed by atoms with E-state index < -0.39 is 12.0 Å². The minimum absolute atomic E-state index is 0. The summed E-state index contributed by atoms with van der Waals surface area (Å²) in [7, 11) is 1.82. The van der Waals surface area contributed by atoms with Gasteiger partial charge in [-0.1, -0.05) is 0 Å². The molecule has 0 spiro atoms. The number of hydrogen-bond acceptors (Lipinski definition) is 3. The Morgan fingerprint density at radius 1 is 1.85 bits per heavy atom. The average Bonchev–Trinajstić information content (AvgIpc) is 2.35. The summed E-state index contributed by atoms with van der Waals surface area (Å²) in [5.41, 5.74) is 6.01. The molecule has 13 heavy (non-hydrogen) atoms. The minimum Gasteiger partial charge on any atom is -0.480 e. The standard InChI is InChI=1S/C7H11N3O2.ClH/c1-10-3-5(9-4-10)2-6(8)7(11)12;/h3-4,6H,2,8H2,1H3,(H,11,12);1H. The lowest BCUT2D eigenvalue weighted by Gasteiger charge is -2.01. The highest BCUT2D eigenvalue weighted by molar-refractivity contribution is 5.85. The second-order valence-corrected chi connectivity index (χ2v) is 2.68. The fraction of sp³-hybridized carbons (Fsp3) is 0.429. The number of imidazole rings is 1. The molecule has 1 rings (SSSR count). The molecule has 74 valence electrons. The molecule has 1 aromatic rings. The van der Waals surface area contributed by atoms with Crippen molar-refractivity contribution in [3.05, 3.63) is 18.2 Å². The van der Waals surface area contributed by atoms with Crippen LogP contribution in [0.15, 0.2) is 12.5 Å². The Balaban J connectivity index is 0.00000144. The van der Waals surface area contributed by atoms with Gasteiger partial charge >= 0.3 is 5.97 Å². The zero-order chi connectivity index (χ0) is 9.14. The van der Waals surface area contributed by atoms with Gasteiger partial charge in [0.05, 0.1) is 12.0 Å². The van der Waals surface area contributed by atoms with Crippen LogP contribution in [-0.2, 0) is 18.3 Å². The molecule has 0 saturated carbocycles. The molecule has 5 nitrogen and oxygen atoms in total. The lowest BCUT2D eigenvalue weighted by molar-refractivity contribution is -0.138. The van der Waals surface area contributed by atoms with E-state index in [9.17, 15) is 4.79 Å². The summed E-state index contributed by atoms with van der Waals surface area (Å²) >= 11 is 0. The van der Waals surface area contributed by atoms with Gasteiger partial charge in [0.25, 0.3) is 0 Å². The number of nitrogens with zero attached hydrogens (tertiary/aromatic N) is 2. The van der Waals surface area contributed by atoms with Gasteiger partial charge < -0.3 is 15.4 Å². The van der Waals surface area contributed by atoms with Crippen LogP contribution in [0.2, 0.25) is 0 Å². The van der Waals surface area contributed by atoms with Crippen molar-refractivity contribution in [3.63, 3.8) is 0 Å². The first-order valence-corrected chi connectivity index (χ1v) is 3.55. The van der Waals surface area contributed by atoms with E-state index in [0.29, 0.717) is 5.69 Å². The molecule has 0 saturated heterocycles. The van der Waals surface area contributed by atoms with Crippen LogP contribution in [0.25, 0.3) is 0 Å². The summed E-state index contributed by atoms with van der Waals surface area (Å²) in [6.45, 7) is 0. The Morgan fingerprint density at radius 2 is 2.46 bits per heavy atom. The normalized spacial score (nSPS) is 11.8. The summed E-state index contributed by atoms with van der Waals surface area (Å²) in [5, 5.41) is 8.49. The van der Waals surface area contributed by atoms with E-state index in [1.807, 2.05) is 7.05 Å². The molecule has 1 aromatic heterocycles. The molecule has 0 aromatic carbocycles. The van der Waals surface area contributed by atoms with Gasteiger partial charge in [-0.3, -0.25) is 4.79 Å². The van der Waals surface area contributed by atoms with Crippen LogP contribution in [0.3, 0.4) is 0 Å². The number of aliphatic carboxylic acids is 1. The van der Waals surface area contributed by atoms with E-state index in [1.165, 1.54) is 0 Å². The first kappa shape index (κ1) is 11.9. The molecule has 0 aliphatic rings. The van der Waals surface area contributed by atoms with E-state index in [1.54, 1.807) is 17.1 Å². The lowest BCUT2D eigenvalue weighted by atomic mass is 10.2. The molecule has 0 bridgehead atoms. The van der Waals surface area contributed by atoms with Gasteiger partial charge in [-0.05, 0) is 0 Å². The number of nitrogens with two attached hydrogens (primary N) is 1. The number of rotatable bonds is 3. The maximum absolute atomic E-state index is 10.4. The third-order valence-electron chi connectivity index (χ3n) is 1.50. The average molecular weight is 206 g/mol. The molecule has 6 heteroatoms. The van der Waals surface area contributed by atoms with Crippen molar-refractivity contribution < 1.29 is 9.90 Å². The van der Waals surface area contributed by atoms with Gasteiger partial charge in [-0.2, -0.15) is 0 Å². The number of aryl methyl sites for hydroxylation is 1. The second kappa shape index (κ2) is 4.84. The molecular formula is C7H12ClN3O2. The van der Waals surface area contributed by atoms with E-state index in [-0.39, 0.29) is 18.8 Å². The maximum atomic E-state index is 10.4. The van der Waals surface area contributed by atoms with Gasteiger partial charge in [0.1, 0.15) is 6.04 Å². The Hall–Kier alpha value is -1.07. The van der Waals surface area contributed by atoms with Crippen molar-refractivity contribution in [1.82, 2.24) is 9.55 Å². The van der Waals surface area contributed by atoms with Gasteiger partial charge in [0.15, 0.2) is 0 Å². The molecule has 0 fully saturated rings. The van der Waals surface area contributed by atoms with Crippen LogP contribution in [0.4, 0.5) is 0 Å². The van der Waals surface area contributed by atoms with Crippen molar-refractivity contribution in [1.29, 1.82) is 0 Å². The summed E-state index contributed by atoms with van der Waals surface area (Å²) in [6.07, 6.45) is 3.64. The van der Waals surface area contributed by atoms with Gasteiger partial charge in [-0.15, -0.1) is 12.4 Å². The molecule has 0 aliphatic heterocycles. The van der Waals surface area contributed by atoms with E-state index >= 15 is 0 Å². The van der Waals surface area contributed by atoms with Crippen molar-refractivity contribution in [2.75, 3.05) is 0 Å². The Bertz CT molecular complexity index is 287. The van der Waals surface area contributed by atoms with Crippen molar-refractivity contribution >= 4 is 18.4 Å². The Labute approximate surface area is 82.0 Å². The highest BCUT2D eigenvalue weighted by Crippen LogP contribution is 1.97. The van der Waals surface area contributed by atoms with Gasteiger partial charge in [0.2, 0.25) is 0 Å². The monoisotopic (exact) mass is 205 g/mol. The quantitative estimate of drug-likeness (QED) is 0.716. The summed E-state index contributed by atoms with van der Waals surface area (Å²) in [6, 6.07) is -0.861. The molecule has 0 aliphatic carbocycles. The number of carboxylic acid groups (broad SMARTS) is 1. The molecule has 0 amide bonds. The first-order valence-electron chi connectivity index (χ1n) is 3.55. The Kier molecular flexibility index (Phi) is 4.44. The van der Waals surface area contributed by atoms with E-state index in [4.69, 9.17) is 10.8 Å². The maximum Gasteiger partial charge on any atom is 0.320 e. The summed E-state index contributed by atoms with van der Waals surface area (Å²) < 4.78 is 1.75. The van der Waals surface area contributed by atoms with Crippen LogP contribution in [-0.4, -0.2) is 26.7 Å². The molecular weight excluding hydrogens is 194 g/mol. The number of carboxylic acids is 1. The first-order chi connectivity index (χ1) is 5.59. The number of halogens is 1. The molecule has 0 radical (unpaired) electrons. The molecule has 1 unspecified atom stereocenters. The lowest BCUT2D eigenvalue weighted by Crippen LogP contribution is -2.32. The zero-order valence-corrected chi connectivity index (χ0v) is 7.99. The smallest absolute Gasteiger partial charge is 0.320 e. The second-order valence-electron chi connectivity index (χ2n) is 2.68. The van der Waals surface area contributed by atoms with E-state index in [2.05, 4.69) is 4.98 Å². The Morgan fingerprint density at radius 3 is 2.85 bits per heavy atom. The number of carbonyl (C=O) groups is 1. The molecule has 1 atom stereocenters. The SMILES string of the molecule is Cl.Cn1cnc(CC(N)C(=O)O)c1. The molecule has 3 N–H and O–H groups in total. The van der Waals surface area contributed by atoms with Crippen molar-refractivity contribution in [3.8, 4) is 0 Å². The zero-order valence-electron chi connectivity index (χ0n) is 7.17. The van der Waals surface area contributed by atoms with Crippen LogP contribution in [0, 0.1) is 0 Å². The van der Waals surface area contributed by atoms with Gasteiger partial charge in [0, 0.05) is 19.7 Å². The third kappa shape index (κ3) is 3.43. The highest BCUT2D eigenvalue weighted by atomic mass is 35.5. The fourth-order valence-electron chi connectivity index (χ4n) is 0.885. The number of hydrogen-bond donors (Lipinski definition) is 2. The van der Waals surface area contributed by atoms with Gasteiger partial charge in [-0.25, -0.2) is 4.98 Å². The summed E-state index contributed by atoms with van der Waals surface area (Å²) in [5.74, 6) is -0.999. The van der Waals surface area contributed by atoms with E-state index in [0.717, 1.165) is 0 Å². The van der Waals surface area contributed by atoms with Crippen molar-refractivity contribution in [2.45, 2.75) is 12.5 Å². The minimum atomic E-state index is -0.999. The summed E-state index contributed by atoms with van der Waals surface area (Å²) in [4.78, 5) is 14.3. The largest absolute Gasteiger partial charge is 0.480 e.